The highest BCUT2D eigenvalue weighted by atomic mass is 35.5. The maximum Gasteiger partial charge on any atom is 0.287 e. The predicted octanol–water partition coefficient (Wildman–Crippen LogP) is 10.3. The largest absolute Gasteiger partial charge is 0.368 e. The van der Waals surface area contributed by atoms with Crippen molar-refractivity contribution >= 4 is 81.0 Å². The Balaban J connectivity index is 1.27. The lowest BCUT2D eigenvalue weighted by atomic mass is 10.0. The van der Waals surface area contributed by atoms with Gasteiger partial charge in [0, 0.05) is 82.3 Å². The summed E-state index contributed by atoms with van der Waals surface area (Å²) in [6.45, 7) is 0.928. The van der Waals surface area contributed by atoms with Crippen LogP contribution in [0.3, 0.4) is 0 Å². The lowest BCUT2D eigenvalue weighted by molar-refractivity contribution is -0.385. The second-order valence-corrected chi connectivity index (χ2v) is 15.4. The molecule has 0 atom stereocenters. The van der Waals surface area contributed by atoms with Gasteiger partial charge in [0.15, 0.2) is 0 Å². The van der Waals surface area contributed by atoms with Gasteiger partial charge in [-0.25, -0.2) is 29.9 Å². The fourth-order valence-electron chi connectivity index (χ4n) is 6.66. The molecule has 22 heteroatoms. The molecule has 0 amide bonds. The summed E-state index contributed by atoms with van der Waals surface area (Å²) in [6, 6.07) is 23.5. The maximum absolute atomic E-state index is 11.3. The van der Waals surface area contributed by atoms with Crippen molar-refractivity contribution in [3.8, 4) is 45.3 Å². The van der Waals surface area contributed by atoms with Gasteiger partial charge < -0.3 is 20.6 Å². The van der Waals surface area contributed by atoms with E-state index in [2.05, 4.69) is 40.5 Å². The minimum atomic E-state index is -0.519. The number of imidazole rings is 2. The zero-order valence-electron chi connectivity index (χ0n) is 33.0. The summed E-state index contributed by atoms with van der Waals surface area (Å²) in [6.07, 6.45) is 9.04. The van der Waals surface area contributed by atoms with Crippen molar-refractivity contribution in [2.75, 3.05) is 46.8 Å². The summed E-state index contributed by atoms with van der Waals surface area (Å²) in [5.74, 6) is 2.80. The van der Waals surface area contributed by atoms with Crippen LogP contribution < -0.4 is 20.7 Å². The second kappa shape index (κ2) is 19.3. The summed E-state index contributed by atoms with van der Waals surface area (Å²) in [7, 11) is 0. The van der Waals surface area contributed by atoms with Crippen molar-refractivity contribution in [2.24, 2.45) is 0 Å². The molecule has 322 valence electrons. The van der Waals surface area contributed by atoms with E-state index in [-0.39, 0.29) is 37.6 Å². The van der Waals surface area contributed by atoms with Gasteiger partial charge in [0.1, 0.15) is 47.3 Å². The second-order valence-electron chi connectivity index (χ2n) is 13.7. The standard InChI is InChI=1S/C42H32Cl4N14O4/c43-25-1-5-29(33(45)21-25)39-31(41-49-13-14-50-41)7-11-37(55-39)57(19-17-47-35-9-3-27(23-53-35)59(61)62)58(20-18-48-36-10-4-28(24-54-36)60(63)64)38-12-8-32(42-51-15-16-52-42)40(56-38)30-6-2-26(44)22-34(30)46/h1-16,21-24H,17-20H2,(H,47,53)(H,48,54)(H,49,50)(H,51,52). The van der Waals surface area contributed by atoms with E-state index in [1.54, 1.807) is 61.2 Å². The highest BCUT2D eigenvalue weighted by molar-refractivity contribution is 6.37. The molecule has 0 saturated carbocycles. The van der Waals surface area contributed by atoms with E-state index in [9.17, 15) is 20.2 Å². The first-order valence-electron chi connectivity index (χ1n) is 19.2. The molecule has 64 heavy (non-hydrogen) atoms. The lowest BCUT2D eigenvalue weighted by Gasteiger charge is -2.37. The Morgan fingerprint density at radius 3 is 1.31 bits per heavy atom. The van der Waals surface area contributed by atoms with Crippen LogP contribution in [0.4, 0.5) is 34.6 Å². The molecular formula is C42H32Cl4N14O4. The Kier molecular flexibility index (Phi) is 13.1. The first-order valence-corrected chi connectivity index (χ1v) is 20.7. The van der Waals surface area contributed by atoms with Crippen molar-refractivity contribution < 1.29 is 9.85 Å². The highest BCUT2D eigenvalue weighted by Gasteiger charge is 2.25. The van der Waals surface area contributed by atoms with Crippen LogP contribution in [0.25, 0.3) is 45.3 Å². The molecule has 0 aliphatic carbocycles. The molecule has 8 rings (SSSR count). The number of hydrogen-bond donors (Lipinski definition) is 4. The number of benzene rings is 2. The molecule has 6 aromatic heterocycles. The summed E-state index contributed by atoms with van der Waals surface area (Å²) in [5, 5.41) is 34.6. The normalized spacial score (nSPS) is 11.0. The van der Waals surface area contributed by atoms with E-state index in [1.165, 1.54) is 36.7 Å². The highest BCUT2D eigenvalue weighted by Crippen LogP contribution is 2.39. The average Bonchev–Trinajstić information content (AvgIpc) is 4.04. The number of hydrogen-bond acceptors (Lipinski definition) is 14. The molecule has 0 unspecified atom stereocenters. The third-order valence-corrected chi connectivity index (χ3v) is 10.7. The zero-order chi connectivity index (χ0) is 44.7. The van der Waals surface area contributed by atoms with Gasteiger partial charge in [-0.2, -0.15) is 0 Å². The van der Waals surface area contributed by atoms with Crippen molar-refractivity contribution in [3.05, 3.63) is 162 Å². The smallest absolute Gasteiger partial charge is 0.287 e. The molecule has 0 spiro atoms. The first kappa shape index (κ1) is 43.3. The fraction of sp³-hybridized carbons (Fsp3) is 0.0952. The summed E-state index contributed by atoms with van der Waals surface area (Å²) >= 11 is 26.4. The van der Waals surface area contributed by atoms with Gasteiger partial charge in [-0.1, -0.05) is 46.4 Å². The van der Waals surface area contributed by atoms with Crippen LogP contribution in [0.15, 0.2) is 122 Å². The molecular weight excluding hydrogens is 906 g/mol. The summed E-state index contributed by atoms with van der Waals surface area (Å²) in [4.78, 5) is 56.0. The van der Waals surface area contributed by atoms with Crippen LogP contribution in [0.1, 0.15) is 0 Å². The van der Waals surface area contributed by atoms with Crippen molar-refractivity contribution in [1.29, 1.82) is 0 Å². The fourth-order valence-corrected chi connectivity index (χ4v) is 7.66. The van der Waals surface area contributed by atoms with Crippen LogP contribution in [-0.2, 0) is 0 Å². The Morgan fingerprint density at radius 2 is 0.969 bits per heavy atom. The third-order valence-electron chi connectivity index (χ3n) is 9.64. The number of hydrazine groups is 1. The average molecular weight is 939 g/mol. The van der Waals surface area contributed by atoms with Gasteiger partial charge in [0.25, 0.3) is 11.4 Å². The van der Waals surface area contributed by atoms with E-state index in [0.29, 0.717) is 88.7 Å². The van der Waals surface area contributed by atoms with E-state index in [4.69, 9.17) is 56.4 Å². The minimum Gasteiger partial charge on any atom is -0.368 e. The molecule has 0 radical (unpaired) electrons. The number of aromatic amines is 2. The van der Waals surface area contributed by atoms with Crippen LogP contribution in [0, 0.1) is 20.2 Å². The number of anilines is 4. The molecule has 0 bridgehead atoms. The number of rotatable bonds is 17. The number of H-pyrrole nitrogens is 2. The Labute approximate surface area is 383 Å². The molecule has 0 saturated heterocycles. The van der Waals surface area contributed by atoms with E-state index in [0.717, 1.165) is 0 Å². The predicted molar refractivity (Wildman–Crippen MR) is 248 cm³/mol. The Morgan fingerprint density at radius 1 is 0.547 bits per heavy atom. The summed E-state index contributed by atoms with van der Waals surface area (Å²) in [5.41, 5.74) is 3.18. The molecule has 6 heterocycles. The molecule has 2 aromatic carbocycles. The monoisotopic (exact) mass is 936 g/mol. The molecule has 0 aliphatic heterocycles. The number of pyridine rings is 4. The van der Waals surface area contributed by atoms with Crippen molar-refractivity contribution in [3.63, 3.8) is 0 Å². The molecule has 0 fully saturated rings. The van der Waals surface area contributed by atoms with Gasteiger partial charge >= 0.3 is 0 Å². The first-order chi connectivity index (χ1) is 31.0. The van der Waals surface area contributed by atoms with Gasteiger partial charge in [-0.05, 0) is 72.8 Å². The van der Waals surface area contributed by atoms with Gasteiger partial charge in [0.05, 0.1) is 44.4 Å². The van der Waals surface area contributed by atoms with Crippen LogP contribution in [0.2, 0.25) is 20.1 Å². The Hall–Kier alpha value is -7.38. The van der Waals surface area contributed by atoms with E-state index in [1.807, 2.05) is 34.3 Å². The summed E-state index contributed by atoms with van der Waals surface area (Å²) < 4.78 is 0. The number of nitrogens with zero attached hydrogens (tertiary/aromatic N) is 10. The third kappa shape index (κ3) is 9.79. The quantitative estimate of drug-likeness (QED) is 0.0492. The van der Waals surface area contributed by atoms with Crippen molar-refractivity contribution in [2.45, 2.75) is 0 Å². The number of aromatic nitrogens is 8. The van der Waals surface area contributed by atoms with Gasteiger partial charge in [-0.15, -0.1) is 0 Å². The van der Waals surface area contributed by atoms with Gasteiger partial charge in [0.2, 0.25) is 0 Å². The van der Waals surface area contributed by atoms with Crippen molar-refractivity contribution in [1.82, 2.24) is 39.9 Å². The SMILES string of the molecule is O=[N+]([O-])c1ccc(NCCN(c2ccc(-c3ncc[nH]3)c(-c3ccc(Cl)cc3Cl)n2)N(CCNc2ccc([N+](=O)[O-])cn2)c2ccc(-c3ncc[nH]3)c(-c3ccc(Cl)cc3Cl)n2)nc1. The molecule has 18 nitrogen and oxygen atoms in total. The number of halogens is 4. The van der Waals surface area contributed by atoms with E-state index >= 15 is 0 Å². The van der Waals surface area contributed by atoms with Crippen LogP contribution in [-0.4, -0.2) is 75.9 Å². The number of nitro groups is 2. The topological polar surface area (TPSA) is 226 Å². The van der Waals surface area contributed by atoms with Gasteiger partial charge in [-0.3, -0.25) is 30.2 Å². The van der Waals surface area contributed by atoms with Crippen LogP contribution >= 0.6 is 46.4 Å². The Bertz CT molecular complexity index is 2730. The number of nitrogens with one attached hydrogen (secondary N) is 4. The minimum absolute atomic E-state index is 0.150. The lowest BCUT2D eigenvalue weighted by Crippen LogP contribution is -2.48. The molecule has 4 N–H and O–H groups in total. The van der Waals surface area contributed by atoms with Crippen LogP contribution in [0.5, 0.6) is 0 Å². The molecule has 8 aromatic rings. The molecule has 0 aliphatic rings. The zero-order valence-corrected chi connectivity index (χ0v) is 36.0. The van der Waals surface area contributed by atoms with E-state index < -0.39 is 9.85 Å². The maximum atomic E-state index is 11.3.